The predicted molar refractivity (Wildman–Crippen MR) is 93.4 cm³/mol. The number of esters is 1. The summed E-state index contributed by atoms with van der Waals surface area (Å²) in [5, 5.41) is 8.05. The number of benzene rings is 1. The molecule has 2 rings (SSSR count). The summed E-state index contributed by atoms with van der Waals surface area (Å²) in [5.74, 6) is -0.863. The maximum Gasteiger partial charge on any atom is 0.368 e. The molecule has 0 radical (unpaired) electrons. The maximum atomic E-state index is 12.1. The first-order valence-electron chi connectivity index (χ1n) is 6.96. The lowest BCUT2D eigenvalue weighted by atomic mass is 9.98. The number of hydrogen-bond donors (Lipinski definition) is 0. The fourth-order valence-corrected chi connectivity index (χ4v) is 3.25. The summed E-state index contributed by atoms with van der Waals surface area (Å²) in [5.41, 5.74) is 0.119. The van der Waals surface area contributed by atoms with Gasteiger partial charge in [0.05, 0.1) is 10.0 Å². The minimum Gasteiger partial charge on any atom is -0.459 e. The van der Waals surface area contributed by atoms with Crippen molar-refractivity contribution in [3.05, 3.63) is 27.2 Å². The van der Waals surface area contributed by atoms with E-state index in [0.29, 0.717) is 5.02 Å². The van der Waals surface area contributed by atoms with E-state index in [1.165, 1.54) is 12.1 Å². The highest BCUT2D eigenvalue weighted by Crippen LogP contribution is 2.38. The van der Waals surface area contributed by atoms with E-state index in [4.69, 9.17) is 62.7 Å². The van der Waals surface area contributed by atoms with E-state index >= 15 is 0 Å². The Balaban J connectivity index is 2.08. The van der Waals surface area contributed by atoms with Gasteiger partial charge in [0.15, 0.2) is 0 Å². The molecule has 0 aliphatic heterocycles. The molecule has 0 heterocycles. The van der Waals surface area contributed by atoms with Crippen LogP contribution in [-0.4, -0.2) is 16.5 Å². The zero-order valence-corrected chi connectivity index (χ0v) is 15.6. The van der Waals surface area contributed by atoms with Crippen LogP contribution in [-0.2, 0) is 9.53 Å². The Labute approximate surface area is 159 Å². The number of azo groups is 1. The standard InChI is InChI=1S/C14H13Cl5N2O2/c15-8-6-10(16)12(11(17)7-8)20-21-14(18,19)13(22)23-9-4-2-1-3-5-9/h6-7,9H,1-5H2/b21-20+. The summed E-state index contributed by atoms with van der Waals surface area (Å²) in [6.07, 6.45) is 4.54. The fourth-order valence-electron chi connectivity index (χ4n) is 2.19. The first kappa shape index (κ1) is 19.1. The molecule has 0 amide bonds. The van der Waals surface area contributed by atoms with Gasteiger partial charge in [0.25, 0.3) is 0 Å². The third-order valence-electron chi connectivity index (χ3n) is 3.33. The highest BCUT2D eigenvalue weighted by atomic mass is 35.5. The van der Waals surface area contributed by atoms with Crippen molar-refractivity contribution in [2.45, 2.75) is 42.7 Å². The summed E-state index contributed by atoms with van der Waals surface area (Å²) >= 11 is 29.6. The highest BCUT2D eigenvalue weighted by molar-refractivity contribution is 6.57. The third kappa shape index (κ3) is 5.36. The van der Waals surface area contributed by atoms with Crippen LogP contribution in [0.5, 0.6) is 0 Å². The largest absolute Gasteiger partial charge is 0.459 e. The molecule has 0 unspecified atom stereocenters. The van der Waals surface area contributed by atoms with E-state index in [9.17, 15) is 4.79 Å². The van der Waals surface area contributed by atoms with Crippen LogP contribution in [0.25, 0.3) is 0 Å². The molecule has 1 fully saturated rings. The molecule has 9 heteroatoms. The van der Waals surface area contributed by atoms with Gasteiger partial charge in [0.2, 0.25) is 0 Å². The first-order valence-corrected chi connectivity index (χ1v) is 8.85. The van der Waals surface area contributed by atoms with Crippen LogP contribution in [0.3, 0.4) is 0 Å². The molecule has 23 heavy (non-hydrogen) atoms. The Bertz CT molecular complexity index is 592. The summed E-state index contributed by atoms with van der Waals surface area (Å²) in [7, 11) is 0. The van der Waals surface area contributed by atoms with E-state index in [1.54, 1.807) is 0 Å². The molecule has 0 aromatic heterocycles. The SMILES string of the molecule is O=C(OC1CCCCC1)C(Cl)(Cl)/N=N/c1c(Cl)cc(Cl)cc1Cl. The second kappa shape index (κ2) is 8.21. The molecule has 1 aliphatic rings. The minimum absolute atomic E-state index is 0.119. The number of carbonyl (C=O) groups excluding carboxylic acids is 1. The van der Waals surface area contributed by atoms with Crippen LogP contribution in [0.1, 0.15) is 32.1 Å². The van der Waals surface area contributed by atoms with Crippen molar-refractivity contribution >= 4 is 69.7 Å². The van der Waals surface area contributed by atoms with Gasteiger partial charge in [-0.1, -0.05) is 64.4 Å². The molecule has 4 nitrogen and oxygen atoms in total. The molecular formula is C14H13Cl5N2O2. The lowest BCUT2D eigenvalue weighted by Crippen LogP contribution is -2.31. The molecular weight excluding hydrogens is 405 g/mol. The summed E-state index contributed by atoms with van der Waals surface area (Å²) in [4.78, 5) is 12.1. The lowest BCUT2D eigenvalue weighted by molar-refractivity contribution is -0.151. The molecule has 0 saturated heterocycles. The molecule has 1 aliphatic carbocycles. The zero-order chi connectivity index (χ0) is 17.0. The van der Waals surface area contributed by atoms with Gasteiger partial charge < -0.3 is 4.74 Å². The number of rotatable bonds is 4. The lowest BCUT2D eigenvalue weighted by Gasteiger charge is -2.23. The monoisotopic (exact) mass is 416 g/mol. The van der Waals surface area contributed by atoms with Crippen LogP contribution in [0.15, 0.2) is 22.4 Å². The third-order valence-corrected chi connectivity index (χ3v) is 4.58. The topological polar surface area (TPSA) is 51.0 Å². The van der Waals surface area contributed by atoms with Gasteiger partial charge in [-0.3, -0.25) is 0 Å². The van der Waals surface area contributed by atoms with Crippen molar-refractivity contribution < 1.29 is 9.53 Å². The number of carbonyl (C=O) groups is 1. The van der Waals surface area contributed by atoms with E-state index < -0.39 is 10.4 Å². The summed E-state index contributed by atoms with van der Waals surface area (Å²) < 4.78 is 3.12. The molecule has 1 aromatic rings. The summed E-state index contributed by atoms with van der Waals surface area (Å²) in [6, 6.07) is 2.88. The molecule has 0 spiro atoms. The zero-order valence-electron chi connectivity index (χ0n) is 11.9. The Hall–Kier alpha value is -0.260. The minimum atomic E-state index is -2.16. The molecule has 0 N–H and O–H groups in total. The van der Waals surface area contributed by atoms with E-state index in [1.807, 2.05) is 0 Å². The second-order valence-corrected chi connectivity index (χ2v) is 7.66. The average Bonchev–Trinajstić information content (AvgIpc) is 2.47. The Morgan fingerprint density at radius 1 is 1.09 bits per heavy atom. The molecule has 0 atom stereocenters. The van der Waals surface area contributed by atoms with Gasteiger partial charge in [-0.05, 0) is 37.8 Å². The first-order chi connectivity index (χ1) is 10.8. The van der Waals surface area contributed by atoms with Gasteiger partial charge in [0, 0.05) is 5.02 Å². The fraction of sp³-hybridized carbons (Fsp3) is 0.500. The Kier molecular flexibility index (Phi) is 6.81. The number of alkyl halides is 2. The van der Waals surface area contributed by atoms with Crippen molar-refractivity contribution in [3.63, 3.8) is 0 Å². The van der Waals surface area contributed by atoms with E-state index in [0.717, 1.165) is 32.1 Å². The Morgan fingerprint density at radius 3 is 2.22 bits per heavy atom. The number of nitrogens with zero attached hydrogens (tertiary/aromatic N) is 2. The van der Waals surface area contributed by atoms with Gasteiger partial charge in [-0.2, -0.15) is 0 Å². The summed E-state index contributed by atoms with van der Waals surface area (Å²) in [6.45, 7) is 0. The normalized spacial score (nSPS) is 16.7. The van der Waals surface area contributed by atoms with Crippen LogP contribution >= 0.6 is 58.0 Å². The number of halogens is 5. The van der Waals surface area contributed by atoms with Crippen LogP contribution in [0, 0.1) is 0 Å². The number of ether oxygens (including phenoxy) is 1. The van der Waals surface area contributed by atoms with Crippen molar-refractivity contribution in [1.29, 1.82) is 0 Å². The van der Waals surface area contributed by atoms with E-state index in [2.05, 4.69) is 10.2 Å². The van der Waals surface area contributed by atoms with Gasteiger partial charge >= 0.3 is 10.4 Å². The highest BCUT2D eigenvalue weighted by Gasteiger charge is 2.38. The van der Waals surface area contributed by atoms with Crippen molar-refractivity contribution in [1.82, 2.24) is 0 Å². The Morgan fingerprint density at radius 2 is 1.65 bits per heavy atom. The van der Waals surface area contributed by atoms with Gasteiger partial charge in [0.1, 0.15) is 11.8 Å². The molecule has 1 aromatic carbocycles. The van der Waals surface area contributed by atoms with Crippen molar-refractivity contribution in [2.75, 3.05) is 0 Å². The molecule has 1 saturated carbocycles. The van der Waals surface area contributed by atoms with Crippen LogP contribution < -0.4 is 0 Å². The van der Waals surface area contributed by atoms with Crippen molar-refractivity contribution in [2.24, 2.45) is 10.2 Å². The predicted octanol–water partition coefficient (Wildman–Crippen LogP) is 6.74. The molecule has 0 bridgehead atoms. The quantitative estimate of drug-likeness (QED) is 0.235. The molecule has 126 valence electrons. The van der Waals surface area contributed by atoms with Crippen molar-refractivity contribution in [3.8, 4) is 0 Å². The smallest absolute Gasteiger partial charge is 0.368 e. The second-order valence-electron chi connectivity index (χ2n) is 5.12. The van der Waals surface area contributed by atoms with Crippen LogP contribution in [0.4, 0.5) is 5.69 Å². The van der Waals surface area contributed by atoms with Gasteiger partial charge in [-0.25, -0.2) is 4.79 Å². The van der Waals surface area contributed by atoms with E-state index in [-0.39, 0.29) is 21.8 Å². The average molecular weight is 419 g/mol. The van der Waals surface area contributed by atoms with Gasteiger partial charge in [-0.15, -0.1) is 10.2 Å². The van der Waals surface area contributed by atoms with Crippen LogP contribution in [0.2, 0.25) is 15.1 Å². The number of hydrogen-bond acceptors (Lipinski definition) is 4. The maximum absolute atomic E-state index is 12.1.